The van der Waals surface area contributed by atoms with Gasteiger partial charge in [-0.25, -0.2) is 9.78 Å². The number of ether oxygens (including phenoxy) is 2. The number of rotatable bonds is 3. The molecule has 2 aromatic rings. The van der Waals surface area contributed by atoms with Crippen LogP contribution in [0.1, 0.15) is 10.4 Å². The SMILES string of the molecule is COC(=O)c1c(N2CCOCC2)nn(-c2nccs2)c1N. The number of anilines is 2. The van der Waals surface area contributed by atoms with Gasteiger partial charge >= 0.3 is 5.97 Å². The molecule has 2 aromatic heterocycles. The van der Waals surface area contributed by atoms with E-state index in [-0.39, 0.29) is 11.4 Å². The molecule has 2 N–H and O–H groups in total. The van der Waals surface area contributed by atoms with Gasteiger partial charge in [0.25, 0.3) is 0 Å². The van der Waals surface area contributed by atoms with E-state index >= 15 is 0 Å². The van der Waals surface area contributed by atoms with Crippen LogP contribution in [0.15, 0.2) is 11.6 Å². The van der Waals surface area contributed by atoms with Crippen LogP contribution in [0.3, 0.4) is 0 Å². The van der Waals surface area contributed by atoms with E-state index in [9.17, 15) is 4.79 Å². The zero-order valence-corrected chi connectivity index (χ0v) is 12.3. The lowest BCUT2D eigenvalue weighted by atomic mass is 10.2. The zero-order valence-electron chi connectivity index (χ0n) is 11.5. The first-order valence-corrected chi connectivity index (χ1v) is 7.29. The van der Waals surface area contributed by atoms with Gasteiger partial charge in [0, 0.05) is 24.7 Å². The number of thiazole rings is 1. The predicted octanol–water partition coefficient (Wildman–Crippen LogP) is 0.534. The van der Waals surface area contributed by atoms with Crippen LogP contribution in [-0.2, 0) is 9.47 Å². The highest BCUT2D eigenvalue weighted by molar-refractivity contribution is 7.12. The molecule has 0 amide bonds. The van der Waals surface area contributed by atoms with Gasteiger partial charge in [-0.05, 0) is 0 Å². The number of esters is 1. The van der Waals surface area contributed by atoms with Gasteiger partial charge in [-0.1, -0.05) is 0 Å². The lowest BCUT2D eigenvalue weighted by molar-refractivity contribution is 0.0601. The number of hydrogen-bond donors (Lipinski definition) is 1. The molecule has 112 valence electrons. The summed E-state index contributed by atoms with van der Waals surface area (Å²) in [5.41, 5.74) is 6.36. The van der Waals surface area contributed by atoms with Crippen LogP contribution in [0.4, 0.5) is 11.6 Å². The van der Waals surface area contributed by atoms with Crippen LogP contribution in [0, 0.1) is 0 Å². The average Bonchev–Trinajstić information content (AvgIpc) is 3.15. The average molecular weight is 309 g/mol. The molecule has 0 aromatic carbocycles. The van der Waals surface area contributed by atoms with E-state index in [1.54, 1.807) is 6.20 Å². The van der Waals surface area contributed by atoms with Crippen molar-refractivity contribution in [2.24, 2.45) is 0 Å². The molecular weight excluding hydrogens is 294 g/mol. The minimum Gasteiger partial charge on any atom is -0.465 e. The number of aromatic nitrogens is 3. The Kier molecular flexibility index (Phi) is 3.76. The van der Waals surface area contributed by atoms with Gasteiger partial charge in [-0.3, -0.25) is 0 Å². The number of morpholine rings is 1. The van der Waals surface area contributed by atoms with Gasteiger partial charge in [-0.2, -0.15) is 4.68 Å². The van der Waals surface area contributed by atoms with Gasteiger partial charge in [0.1, 0.15) is 11.4 Å². The molecule has 3 rings (SSSR count). The van der Waals surface area contributed by atoms with Crippen molar-refractivity contribution >= 4 is 28.9 Å². The van der Waals surface area contributed by atoms with Crippen molar-refractivity contribution in [3.05, 3.63) is 17.1 Å². The Hall–Kier alpha value is -2.13. The van der Waals surface area contributed by atoms with Crippen LogP contribution in [-0.4, -0.2) is 54.1 Å². The van der Waals surface area contributed by atoms with Gasteiger partial charge in [-0.15, -0.1) is 16.4 Å². The third-order valence-electron chi connectivity index (χ3n) is 3.20. The highest BCUT2D eigenvalue weighted by atomic mass is 32.1. The van der Waals surface area contributed by atoms with E-state index in [0.717, 1.165) is 0 Å². The predicted molar refractivity (Wildman–Crippen MR) is 78.0 cm³/mol. The fourth-order valence-corrected chi connectivity index (χ4v) is 2.78. The Morgan fingerprint density at radius 2 is 2.24 bits per heavy atom. The normalized spacial score (nSPS) is 15.2. The maximum atomic E-state index is 12.1. The summed E-state index contributed by atoms with van der Waals surface area (Å²) >= 11 is 1.39. The van der Waals surface area contributed by atoms with Crippen molar-refractivity contribution in [3.63, 3.8) is 0 Å². The number of carbonyl (C=O) groups is 1. The molecule has 0 unspecified atom stereocenters. The monoisotopic (exact) mass is 309 g/mol. The van der Waals surface area contributed by atoms with E-state index in [1.165, 1.54) is 23.1 Å². The number of nitrogen functional groups attached to an aromatic ring is 1. The van der Waals surface area contributed by atoms with Crippen molar-refractivity contribution in [1.82, 2.24) is 14.8 Å². The third-order valence-corrected chi connectivity index (χ3v) is 3.95. The molecule has 9 heteroatoms. The summed E-state index contributed by atoms with van der Waals surface area (Å²) in [6.07, 6.45) is 1.66. The molecule has 1 fully saturated rings. The van der Waals surface area contributed by atoms with Crippen molar-refractivity contribution in [2.75, 3.05) is 44.0 Å². The molecule has 3 heterocycles. The fraction of sp³-hybridized carbons (Fsp3) is 0.417. The van der Waals surface area contributed by atoms with E-state index in [0.29, 0.717) is 37.3 Å². The number of hydrogen-bond acceptors (Lipinski definition) is 8. The highest BCUT2D eigenvalue weighted by Gasteiger charge is 2.28. The second kappa shape index (κ2) is 5.70. The smallest absolute Gasteiger partial charge is 0.345 e. The van der Waals surface area contributed by atoms with Crippen LogP contribution in [0.5, 0.6) is 0 Å². The van der Waals surface area contributed by atoms with E-state index in [2.05, 4.69) is 10.1 Å². The Balaban J connectivity index is 2.08. The maximum absolute atomic E-state index is 12.1. The van der Waals surface area contributed by atoms with Crippen LogP contribution in [0.25, 0.3) is 5.13 Å². The Morgan fingerprint density at radius 3 is 2.86 bits per heavy atom. The molecule has 0 radical (unpaired) electrons. The summed E-state index contributed by atoms with van der Waals surface area (Å²) in [6.45, 7) is 2.48. The van der Waals surface area contributed by atoms with Crippen LogP contribution >= 0.6 is 11.3 Å². The fourth-order valence-electron chi connectivity index (χ4n) is 2.18. The minimum atomic E-state index is -0.503. The first kappa shape index (κ1) is 13.8. The van der Waals surface area contributed by atoms with E-state index in [4.69, 9.17) is 15.2 Å². The summed E-state index contributed by atoms with van der Waals surface area (Å²) in [5, 5.41) is 6.88. The molecule has 0 atom stereocenters. The van der Waals surface area contributed by atoms with Crippen LogP contribution in [0.2, 0.25) is 0 Å². The highest BCUT2D eigenvalue weighted by Crippen LogP contribution is 2.29. The van der Waals surface area contributed by atoms with E-state index in [1.807, 2.05) is 10.3 Å². The Morgan fingerprint density at radius 1 is 1.48 bits per heavy atom. The lowest BCUT2D eigenvalue weighted by Gasteiger charge is -2.27. The summed E-state index contributed by atoms with van der Waals surface area (Å²) in [5.74, 6) is 0.243. The number of nitrogens with zero attached hydrogens (tertiary/aromatic N) is 4. The van der Waals surface area contributed by atoms with Gasteiger partial charge in [0.15, 0.2) is 5.82 Å². The van der Waals surface area contributed by atoms with Crippen LogP contribution < -0.4 is 10.6 Å². The minimum absolute atomic E-state index is 0.235. The van der Waals surface area contributed by atoms with Crippen molar-refractivity contribution in [1.29, 1.82) is 0 Å². The molecule has 1 aliphatic rings. The van der Waals surface area contributed by atoms with Gasteiger partial charge < -0.3 is 20.1 Å². The number of methoxy groups -OCH3 is 1. The summed E-state index contributed by atoms with van der Waals surface area (Å²) in [7, 11) is 1.33. The molecule has 8 nitrogen and oxygen atoms in total. The quantitative estimate of drug-likeness (QED) is 0.826. The molecule has 21 heavy (non-hydrogen) atoms. The molecule has 1 saturated heterocycles. The molecule has 0 bridgehead atoms. The Bertz CT molecular complexity index is 634. The first-order valence-electron chi connectivity index (χ1n) is 6.41. The lowest BCUT2D eigenvalue weighted by Crippen LogP contribution is -2.37. The van der Waals surface area contributed by atoms with E-state index < -0.39 is 5.97 Å². The topological polar surface area (TPSA) is 95.5 Å². The molecule has 1 aliphatic heterocycles. The molecule has 0 spiro atoms. The third kappa shape index (κ3) is 2.45. The second-order valence-electron chi connectivity index (χ2n) is 4.40. The number of carbonyl (C=O) groups excluding carboxylic acids is 1. The zero-order chi connectivity index (χ0) is 14.8. The summed E-state index contributed by atoms with van der Waals surface area (Å²) in [4.78, 5) is 18.2. The molecule has 0 aliphatic carbocycles. The maximum Gasteiger partial charge on any atom is 0.345 e. The largest absolute Gasteiger partial charge is 0.465 e. The molecule has 0 saturated carbocycles. The second-order valence-corrected chi connectivity index (χ2v) is 5.27. The standard InChI is InChI=1S/C12H15N5O3S/c1-19-11(18)8-9(13)17(12-14-2-7-21-12)15-10(8)16-3-5-20-6-4-16/h2,7H,3-6,13H2,1H3. The number of nitrogens with two attached hydrogens (primary N) is 1. The summed E-state index contributed by atoms with van der Waals surface area (Å²) < 4.78 is 11.6. The van der Waals surface area contributed by atoms with Gasteiger partial charge in [0.05, 0.1) is 20.3 Å². The van der Waals surface area contributed by atoms with Crippen molar-refractivity contribution < 1.29 is 14.3 Å². The summed E-state index contributed by atoms with van der Waals surface area (Å²) in [6, 6.07) is 0. The Labute approximate surface area is 125 Å². The molecular formula is C12H15N5O3S. The van der Waals surface area contributed by atoms with Crippen molar-refractivity contribution in [2.45, 2.75) is 0 Å². The van der Waals surface area contributed by atoms with Gasteiger partial charge in [0.2, 0.25) is 5.13 Å². The van der Waals surface area contributed by atoms with Crippen molar-refractivity contribution in [3.8, 4) is 5.13 Å². The first-order chi connectivity index (χ1) is 10.2.